The van der Waals surface area contributed by atoms with Crippen LogP contribution in [-0.4, -0.2) is 41.6 Å². The van der Waals surface area contributed by atoms with Crippen molar-refractivity contribution in [2.75, 3.05) is 25.5 Å². The molecule has 0 aliphatic carbocycles. The van der Waals surface area contributed by atoms with Gasteiger partial charge in [-0.1, -0.05) is 35.5 Å². The zero-order valence-electron chi connectivity index (χ0n) is 16.4. The maximum absolute atomic E-state index is 12.5. The van der Waals surface area contributed by atoms with Crippen LogP contribution >= 0.6 is 0 Å². The number of carbonyl (C=O) groups is 1. The first kappa shape index (κ1) is 18.2. The molecule has 0 N–H and O–H groups in total. The van der Waals surface area contributed by atoms with E-state index in [9.17, 15) is 4.79 Å². The van der Waals surface area contributed by atoms with Crippen molar-refractivity contribution in [3.63, 3.8) is 0 Å². The van der Waals surface area contributed by atoms with Crippen LogP contribution < -0.4 is 4.90 Å². The highest BCUT2D eigenvalue weighted by molar-refractivity contribution is 5.79. The van der Waals surface area contributed by atoms with Gasteiger partial charge in [0.1, 0.15) is 0 Å². The second-order valence-electron chi connectivity index (χ2n) is 7.50. The molecule has 2 aromatic carbocycles. The normalized spacial score (nSPS) is 16.6. The Bertz CT molecular complexity index is 995. The van der Waals surface area contributed by atoms with Gasteiger partial charge in [0.05, 0.1) is 0 Å². The maximum atomic E-state index is 12.5. The average molecular weight is 376 g/mol. The van der Waals surface area contributed by atoms with Gasteiger partial charge in [-0.2, -0.15) is 4.98 Å². The third-order valence-corrected chi connectivity index (χ3v) is 5.25. The number of aryl methyl sites for hydroxylation is 1. The van der Waals surface area contributed by atoms with Crippen LogP contribution in [0.5, 0.6) is 0 Å². The summed E-state index contributed by atoms with van der Waals surface area (Å²) in [4.78, 5) is 21.0. The SMILES string of the molecule is Cc1ccccc1CN1CC(c2noc(-c3cccc(N(C)C)c3)n2)CC1=O. The molecule has 1 aliphatic rings. The molecule has 0 saturated carbocycles. The number of likely N-dealkylation sites (tertiary alicyclic amines) is 1. The summed E-state index contributed by atoms with van der Waals surface area (Å²) in [5.41, 5.74) is 4.32. The van der Waals surface area contributed by atoms with E-state index in [2.05, 4.69) is 29.2 Å². The van der Waals surface area contributed by atoms with Crippen LogP contribution in [0.2, 0.25) is 0 Å². The van der Waals surface area contributed by atoms with Crippen LogP contribution in [0.25, 0.3) is 11.5 Å². The summed E-state index contributed by atoms with van der Waals surface area (Å²) in [5.74, 6) is 1.19. The lowest BCUT2D eigenvalue weighted by molar-refractivity contribution is -0.128. The van der Waals surface area contributed by atoms with E-state index in [-0.39, 0.29) is 11.8 Å². The van der Waals surface area contributed by atoms with Crippen molar-refractivity contribution in [1.82, 2.24) is 15.0 Å². The zero-order valence-corrected chi connectivity index (χ0v) is 16.4. The van der Waals surface area contributed by atoms with E-state index in [1.165, 1.54) is 11.1 Å². The minimum Gasteiger partial charge on any atom is -0.378 e. The Balaban J connectivity index is 1.50. The monoisotopic (exact) mass is 376 g/mol. The summed E-state index contributed by atoms with van der Waals surface area (Å²) in [5, 5.41) is 4.16. The molecule has 2 heterocycles. The molecule has 1 aromatic heterocycles. The molecule has 6 nitrogen and oxygen atoms in total. The summed E-state index contributed by atoms with van der Waals surface area (Å²) in [6.45, 7) is 3.31. The van der Waals surface area contributed by atoms with Gasteiger partial charge < -0.3 is 14.3 Å². The van der Waals surface area contributed by atoms with Crippen LogP contribution in [0.1, 0.15) is 29.3 Å². The van der Waals surface area contributed by atoms with E-state index in [1.807, 2.05) is 60.3 Å². The minimum atomic E-state index is -0.0361. The van der Waals surface area contributed by atoms with Crippen molar-refractivity contribution in [2.24, 2.45) is 0 Å². The first-order valence-electron chi connectivity index (χ1n) is 9.45. The number of aromatic nitrogens is 2. The van der Waals surface area contributed by atoms with Gasteiger partial charge in [0.15, 0.2) is 5.82 Å². The standard InChI is InChI=1S/C22H24N4O2/c1-15-7-4-5-8-17(15)13-26-14-18(12-20(26)27)21-23-22(28-24-21)16-9-6-10-19(11-16)25(2)3/h4-11,18H,12-14H2,1-3H3. The number of carbonyl (C=O) groups excluding carboxylic acids is 1. The fourth-order valence-corrected chi connectivity index (χ4v) is 3.53. The van der Waals surface area contributed by atoms with E-state index in [0.29, 0.717) is 31.2 Å². The molecular formula is C22H24N4O2. The Morgan fingerprint density at radius 1 is 1.18 bits per heavy atom. The second-order valence-corrected chi connectivity index (χ2v) is 7.50. The first-order chi connectivity index (χ1) is 13.5. The third-order valence-electron chi connectivity index (χ3n) is 5.25. The van der Waals surface area contributed by atoms with Gasteiger partial charge in [-0.25, -0.2) is 0 Å². The largest absolute Gasteiger partial charge is 0.378 e. The van der Waals surface area contributed by atoms with E-state index in [4.69, 9.17) is 4.52 Å². The second kappa shape index (κ2) is 7.46. The van der Waals surface area contributed by atoms with Crippen LogP contribution in [-0.2, 0) is 11.3 Å². The Morgan fingerprint density at radius 2 is 2.00 bits per heavy atom. The Kier molecular flexibility index (Phi) is 4.86. The van der Waals surface area contributed by atoms with Crippen molar-refractivity contribution in [3.05, 3.63) is 65.5 Å². The Labute approximate surface area is 164 Å². The molecule has 0 radical (unpaired) electrons. The quantitative estimate of drug-likeness (QED) is 0.680. The summed E-state index contributed by atoms with van der Waals surface area (Å²) >= 11 is 0. The van der Waals surface area contributed by atoms with Gasteiger partial charge in [-0.15, -0.1) is 0 Å². The van der Waals surface area contributed by atoms with E-state index in [1.54, 1.807) is 0 Å². The molecule has 1 amide bonds. The van der Waals surface area contributed by atoms with Gasteiger partial charge in [0.25, 0.3) is 5.89 Å². The van der Waals surface area contributed by atoms with Crippen LogP contribution in [0.4, 0.5) is 5.69 Å². The number of nitrogens with zero attached hydrogens (tertiary/aromatic N) is 4. The smallest absolute Gasteiger partial charge is 0.258 e. The number of rotatable bonds is 5. The summed E-state index contributed by atoms with van der Waals surface area (Å²) in [6, 6.07) is 16.1. The van der Waals surface area contributed by atoms with Crippen molar-refractivity contribution < 1.29 is 9.32 Å². The molecular weight excluding hydrogens is 352 g/mol. The minimum absolute atomic E-state index is 0.0361. The molecule has 1 fully saturated rings. The molecule has 3 aromatic rings. The zero-order chi connectivity index (χ0) is 19.7. The topological polar surface area (TPSA) is 62.5 Å². The van der Waals surface area contributed by atoms with E-state index >= 15 is 0 Å². The summed E-state index contributed by atoms with van der Waals surface area (Å²) in [7, 11) is 3.98. The molecule has 0 spiro atoms. The summed E-state index contributed by atoms with van der Waals surface area (Å²) in [6.07, 6.45) is 0.419. The molecule has 0 bridgehead atoms. The highest BCUT2D eigenvalue weighted by Gasteiger charge is 2.34. The van der Waals surface area contributed by atoms with Crippen molar-refractivity contribution in [3.8, 4) is 11.5 Å². The lowest BCUT2D eigenvalue weighted by atomic mass is 10.1. The molecule has 4 rings (SSSR count). The van der Waals surface area contributed by atoms with Crippen molar-refractivity contribution in [2.45, 2.75) is 25.8 Å². The fourth-order valence-electron chi connectivity index (χ4n) is 3.53. The summed E-state index contributed by atoms with van der Waals surface area (Å²) < 4.78 is 5.50. The Morgan fingerprint density at radius 3 is 2.79 bits per heavy atom. The van der Waals surface area contributed by atoms with Gasteiger partial charge in [-0.3, -0.25) is 4.79 Å². The Hall–Kier alpha value is -3.15. The van der Waals surface area contributed by atoms with Gasteiger partial charge in [-0.05, 0) is 36.2 Å². The van der Waals surface area contributed by atoms with Crippen molar-refractivity contribution in [1.29, 1.82) is 0 Å². The highest BCUT2D eigenvalue weighted by Crippen LogP contribution is 2.30. The predicted octanol–water partition coefficient (Wildman–Crippen LogP) is 3.63. The molecule has 1 aliphatic heterocycles. The highest BCUT2D eigenvalue weighted by atomic mass is 16.5. The van der Waals surface area contributed by atoms with Crippen LogP contribution in [0, 0.1) is 6.92 Å². The average Bonchev–Trinajstić information content (AvgIpc) is 3.31. The number of hydrogen-bond acceptors (Lipinski definition) is 5. The maximum Gasteiger partial charge on any atom is 0.258 e. The van der Waals surface area contributed by atoms with Crippen LogP contribution in [0.3, 0.4) is 0 Å². The predicted molar refractivity (Wildman–Crippen MR) is 108 cm³/mol. The third kappa shape index (κ3) is 3.63. The van der Waals surface area contributed by atoms with Gasteiger partial charge >= 0.3 is 0 Å². The molecule has 1 unspecified atom stereocenters. The van der Waals surface area contributed by atoms with Gasteiger partial charge in [0, 0.05) is 50.8 Å². The number of amides is 1. The van der Waals surface area contributed by atoms with Crippen molar-refractivity contribution >= 4 is 11.6 Å². The molecule has 28 heavy (non-hydrogen) atoms. The lowest BCUT2D eigenvalue weighted by Gasteiger charge is -2.17. The fraction of sp³-hybridized carbons (Fsp3) is 0.318. The number of hydrogen-bond donors (Lipinski definition) is 0. The molecule has 1 saturated heterocycles. The first-order valence-corrected chi connectivity index (χ1v) is 9.45. The number of anilines is 1. The molecule has 1 atom stereocenters. The lowest BCUT2D eigenvalue weighted by Crippen LogP contribution is -2.24. The van der Waals surface area contributed by atoms with Gasteiger partial charge in [0.2, 0.25) is 5.91 Å². The van der Waals surface area contributed by atoms with Crippen LogP contribution in [0.15, 0.2) is 53.1 Å². The van der Waals surface area contributed by atoms with E-state index in [0.717, 1.165) is 11.3 Å². The number of benzene rings is 2. The molecule has 6 heteroatoms. The van der Waals surface area contributed by atoms with E-state index < -0.39 is 0 Å². The molecule has 144 valence electrons.